The Morgan fingerprint density at radius 3 is 2.57 bits per heavy atom. The summed E-state index contributed by atoms with van der Waals surface area (Å²) in [5, 5.41) is 6.22. The molecule has 0 atom stereocenters. The number of rotatable bonds is 7. The summed E-state index contributed by atoms with van der Waals surface area (Å²) in [5.41, 5.74) is 1.85. The zero-order valence-corrected chi connectivity index (χ0v) is 16.9. The average Bonchev–Trinajstić information content (AvgIpc) is 2.72. The van der Waals surface area contributed by atoms with Crippen LogP contribution in [0.3, 0.4) is 0 Å². The molecule has 1 aliphatic rings. The van der Waals surface area contributed by atoms with Gasteiger partial charge in [0, 0.05) is 43.4 Å². The van der Waals surface area contributed by atoms with Crippen molar-refractivity contribution in [3.63, 3.8) is 0 Å². The summed E-state index contributed by atoms with van der Waals surface area (Å²) >= 11 is 5.98. The molecule has 2 N–H and O–H groups in total. The first-order chi connectivity index (χ1) is 13.7. The lowest BCUT2D eigenvalue weighted by Crippen LogP contribution is -2.47. The lowest BCUT2D eigenvalue weighted by atomic mass is 10.2. The number of carbonyl (C=O) groups is 1. The number of piperazine rings is 1. The number of carbonyl (C=O) groups excluding carboxylic acids is 1. The zero-order valence-electron chi connectivity index (χ0n) is 16.2. The van der Waals surface area contributed by atoms with Crippen molar-refractivity contribution in [2.45, 2.75) is 6.42 Å². The van der Waals surface area contributed by atoms with Crippen LogP contribution in [0.5, 0.6) is 5.75 Å². The van der Waals surface area contributed by atoms with Gasteiger partial charge in [-0.05, 0) is 43.3 Å². The molecule has 28 heavy (non-hydrogen) atoms. The highest BCUT2D eigenvalue weighted by atomic mass is 35.5. The van der Waals surface area contributed by atoms with Crippen LogP contribution >= 0.6 is 11.6 Å². The highest BCUT2D eigenvalue weighted by Crippen LogP contribution is 2.27. The number of hydrogen-bond acceptors (Lipinski definition) is 4. The smallest absolute Gasteiger partial charge is 0.319 e. The Kier molecular flexibility index (Phi) is 7.39. The van der Waals surface area contributed by atoms with Crippen LogP contribution in [0.2, 0.25) is 5.02 Å². The number of nitrogens with one attached hydrogen (secondary N) is 2. The number of halogens is 1. The van der Waals surface area contributed by atoms with E-state index in [1.165, 1.54) is 5.69 Å². The van der Waals surface area contributed by atoms with Crippen LogP contribution in [-0.4, -0.2) is 57.3 Å². The molecule has 2 amide bonds. The molecular weight excluding hydrogens is 376 g/mol. The van der Waals surface area contributed by atoms with Gasteiger partial charge in [0.05, 0.1) is 12.8 Å². The molecule has 0 aromatic heterocycles. The Bertz CT molecular complexity index is 764. The van der Waals surface area contributed by atoms with Gasteiger partial charge >= 0.3 is 6.03 Å². The van der Waals surface area contributed by atoms with Gasteiger partial charge in [-0.25, -0.2) is 4.79 Å². The number of urea groups is 1. The van der Waals surface area contributed by atoms with Gasteiger partial charge in [0.25, 0.3) is 0 Å². The van der Waals surface area contributed by atoms with Crippen molar-refractivity contribution < 1.29 is 9.53 Å². The number of benzene rings is 2. The summed E-state index contributed by atoms with van der Waals surface area (Å²) < 4.78 is 5.24. The third kappa shape index (κ3) is 5.78. The van der Waals surface area contributed by atoms with E-state index < -0.39 is 0 Å². The first-order valence-electron chi connectivity index (χ1n) is 9.56. The van der Waals surface area contributed by atoms with Crippen molar-refractivity contribution >= 4 is 29.0 Å². The van der Waals surface area contributed by atoms with E-state index >= 15 is 0 Å². The van der Waals surface area contributed by atoms with Crippen LogP contribution in [-0.2, 0) is 0 Å². The molecule has 0 aliphatic carbocycles. The van der Waals surface area contributed by atoms with E-state index in [2.05, 4.69) is 44.7 Å². The van der Waals surface area contributed by atoms with E-state index in [0.29, 0.717) is 23.0 Å². The second-order valence-electron chi connectivity index (χ2n) is 6.74. The average molecular weight is 403 g/mol. The van der Waals surface area contributed by atoms with E-state index in [0.717, 1.165) is 39.1 Å². The van der Waals surface area contributed by atoms with Crippen molar-refractivity contribution in [1.29, 1.82) is 0 Å². The predicted molar refractivity (Wildman–Crippen MR) is 115 cm³/mol. The number of nitrogens with zero attached hydrogens (tertiary/aromatic N) is 2. The largest absolute Gasteiger partial charge is 0.495 e. The van der Waals surface area contributed by atoms with Crippen LogP contribution in [0.4, 0.5) is 16.2 Å². The third-order valence-corrected chi connectivity index (χ3v) is 5.08. The Labute approximate surface area is 171 Å². The fourth-order valence-corrected chi connectivity index (χ4v) is 3.49. The van der Waals surface area contributed by atoms with E-state index in [1.54, 1.807) is 25.3 Å². The van der Waals surface area contributed by atoms with Gasteiger partial charge in [-0.3, -0.25) is 4.90 Å². The minimum Gasteiger partial charge on any atom is -0.495 e. The van der Waals surface area contributed by atoms with Gasteiger partial charge < -0.3 is 20.3 Å². The van der Waals surface area contributed by atoms with E-state index in [4.69, 9.17) is 16.3 Å². The quantitative estimate of drug-likeness (QED) is 0.693. The lowest BCUT2D eigenvalue weighted by molar-refractivity contribution is 0.244. The van der Waals surface area contributed by atoms with Crippen molar-refractivity contribution in [3.8, 4) is 5.75 Å². The summed E-state index contributed by atoms with van der Waals surface area (Å²) in [7, 11) is 1.56. The second kappa shape index (κ2) is 10.2. The van der Waals surface area contributed by atoms with Gasteiger partial charge in [-0.1, -0.05) is 29.8 Å². The number of ether oxygens (including phenoxy) is 1. The van der Waals surface area contributed by atoms with Gasteiger partial charge in [0.1, 0.15) is 5.75 Å². The second-order valence-corrected chi connectivity index (χ2v) is 7.18. The zero-order chi connectivity index (χ0) is 19.8. The molecule has 150 valence electrons. The Balaban J connectivity index is 1.34. The molecule has 6 nitrogen and oxygen atoms in total. The fraction of sp³-hybridized carbons (Fsp3) is 0.381. The van der Waals surface area contributed by atoms with Crippen LogP contribution in [0, 0.1) is 0 Å². The molecule has 0 unspecified atom stereocenters. The fourth-order valence-electron chi connectivity index (χ4n) is 3.32. The summed E-state index contributed by atoms with van der Waals surface area (Å²) in [6.45, 7) is 5.75. The molecule has 1 saturated heterocycles. The Hall–Kier alpha value is -2.44. The van der Waals surface area contributed by atoms with Crippen LogP contribution in [0.15, 0.2) is 48.5 Å². The van der Waals surface area contributed by atoms with Gasteiger partial charge in [-0.2, -0.15) is 0 Å². The normalized spacial score (nSPS) is 14.6. The number of hydrogen-bond donors (Lipinski definition) is 2. The lowest BCUT2D eigenvalue weighted by Gasteiger charge is -2.36. The monoisotopic (exact) mass is 402 g/mol. The van der Waals surface area contributed by atoms with E-state index in [1.807, 2.05) is 6.07 Å². The molecule has 3 rings (SSSR count). The molecule has 0 radical (unpaired) electrons. The third-order valence-electron chi connectivity index (χ3n) is 4.84. The van der Waals surface area contributed by atoms with Gasteiger partial charge in [-0.15, -0.1) is 0 Å². The first kappa shape index (κ1) is 20.3. The van der Waals surface area contributed by atoms with E-state index in [9.17, 15) is 4.79 Å². The maximum absolute atomic E-state index is 12.1. The van der Waals surface area contributed by atoms with Gasteiger partial charge in [0.15, 0.2) is 0 Å². The van der Waals surface area contributed by atoms with E-state index in [-0.39, 0.29) is 6.03 Å². The highest BCUT2D eigenvalue weighted by Gasteiger charge is 2.16. The van der Waals surface area contributed by atoms with Crippen LogP contribution in [0.1, 0.15) is 6.42 Å². The minimum atomic E-state index is -0.255. The molecule has 1 aliphatic heterocycles. The summed E-state index contributed by atoms with van der Waals surface area (Å²) in [6.07, 6.45) is 0.908. The van der Waals surface area contributed by atoms with Crippen molar-refractivity contribution in [2.24, 2.45) is 0 Å². The predicted octanol–water partition coefficient (Wildman–Crippen LogP) is 3.68. The SMILES string of the molecule is COc1ccc(Cl)cc1NC(=O)NCCCN1CCN(c2ccccc2)CC1. The maximum Gasteiger partial charge on any atom is 0.319 e. The molecule has 0 bridgehead atoms. The Morgan fingerprint density at radius 2 is 1.86 bits per heavy atom. The highest BCUT2D eigenvalue weighted by molar-refractivity contribution is 6.31. The van der Waals surface area contributed by atoms with Crippen molar-refractivity contribution in [3.05, 3.63) is 53.6 Å². The number of para-hydroxylation sites is 1. The molecule has 2 aromatic carbocycles. The van der Waals surface area contributed by atoms with Gasteiger partial charge in [0.2, 0.25) is 0 Å². The number of amides is 2. The molecule has 7 heteroatoms. The topological polar surface area (TPSA) is 56.8 Å². The molecular formula is C21H27ClN4O2. The standard InChI is InChI=1S/C21H27ClN4O2/c1-28-20-9-8-17(22)16-19(20)24-21(27)23-10-5-11-25-12-14-26(15-13-25)18-6-3-2-4-7-18/h2-4,6-9,16H,5,10-15H2,1H3,(H2,23,24,27). The Morgan fingerprint density at radius 1 is 1.11 bits per heavy atom. The summed E-state index contributed by atoms with van der Waals surface area (Å²) in [6, 6.07) is 15.4. The molecule has 1 fully saturated rings. The number of methoxy groups -OCH3 is 1. The molecule has 1 heterocycles. The molecule has 2 aromatic rings. The molecule has 0 spiro atoms. The van der Waals surface area contributed by atoms with Crippen LogP contribution < -0.4 is 20.3 Å². The minimum absolute atomic E-state index is 0.255. The summed E-state index contributed by atoms with van der Waals surface area (Å²) in [4.78, 5) is 17.0. The summed E-state index contributed by atoms with van der Waals surface area (Å²) in [5.74, 6) is 0.579. The van der Waals surface area contributed by atoms with Crippen molar-refractivity contribution in [1.82, 2.24) is 10.2 Å². The van der Waals surface area contributed by atoms with Crippen molar-refractivity contribution in [2.75, 3.05) is 56.6 Å². The molecule has 0 saturated carbocycles. The number of anilines is 2. The first-order valence-corrected chi connectivity index (χ1v) is 9.94. The van der Waals surface area contributed by atoms with Crippen LogP contribution in [0.25, 0.3) is 0 Å². The maximum atomic E-state index is 12.1.